The number of nitrogens with zero attached hydrogens (tertiary/aromatic N) is 4. The first-order valence-electron chi connectivity index (χ1n) is 13.0. The summed E-state index contributed by atoms with van der Waals surface area (Å²) in [7, 11) is 0. The van der Waals surface area contributed by atoms with E-state index >= 15 is 0 Å². The molecule has 0 saturated carbocycles. The Kier molecular flexibility index (Phi) is 7.37. The first-order chi connectivity index (χ1) is 20.8. The van der Waals surface area contributed by atoms with E-state index in [2.05, 4.69) is 31.0 Å². The molecule has 2 heterocycles. The molecule has 0 unspecified atom stereocenters. The van der Waals surface area contributed by atoms with Crippen LogP contribution in [0.1, 0.15) is 5.56 Å². The number of hydrogen-bond acceptors (Lipinski definition) is 8. The van der Waals surface area contributed by atoms with Gasteiger partial charge in [0.05, 0.1) is 22.1 Å². The van der Waals surface area contributed by atoms with Gasteiger partial charge >= 0.3 is 6.03 Å². The second kappa shape index (κ2) is 11.6. The first kappa shape index (κ1) is 27.4. The maximum absolute atomic E-state index is 13.1. The Morgan fingerprint density at radius 1 is 0.884 bits per heavy atom. The maximum atomic E-state index is 13.1. The third-order valence-electron chi connectivity index (χ3n) is 6.39. The van der Waals surface area contributed by atoms with Gasteiger partial charge in [0.1, 0.15) is 17.3 Å². The van der Waals surface area contributed by atoms with E-state index in [4.69, 9.17) is 16.3 Å². The number of rotatable bonds is 7. The molecule has 43 heavy (non-hydrogen) atoms. The zero-order valence-electron chi connectivity index (χ0n) is 22.6. The Bertz CT molecular complexity index is 1960. The van der Waals surface area contributed by atoms with E-state index in [0.717, 1.165) is 16.3 Å². The molecule has 0 bridgehead atoms. The van der Waals surface area contributed by atoms with Gasteiger partial charge in [-0.3, -0.25) is 5.32 Å². The van der Waals surface area contributed by atoms with Crippen LogP contribution in [-0.4, -0.2) is 36.0 Å². The largest absolute Gasteiger partial charge is 0.508 e. The number of benzene rings is 4. The molecule has 5 N–H and O–H groups in total. The number of carbonyl (C=O) groups excluding carboxylic acids is 1. The number of phenols is 1. The van der Waals surface area contributed by atoms with Crippen LogP contribution in [0.4, 0.5) is 27.9 Å². The molecule has 6 aromatic rings. The molecule has 11 nitrogen and oxygen atoms in total. The van der Waals surface area contributed by atoms with Gasteiger partial charge < -0.3 is 25.6 Å². The summed E-state index contributed by atoms with van der Waals surface area (Å²) in [5.41, 5.74) is 2.82. The zero-order chi connectivity index (χ0) is 29.9. The molecule has 0 aliphatic heterocycles. The van der Waals surface area contributed by atoms with Crippen LogP contribution in [0, 0.1) is 6.92 Å². The SMILES string of the molecule is Cc1ccc(-n2nc(O)cc2NC(=O)Nc2ccc(Oc3ccnc(Nc4ccc(O)cc4Cl)n3)c3ccccc23)cc1. The van der Waals surface area contributed by atoms with Crippen molar-refractivity contribution in [1.29, 1.82) is 0 Å². The number of hydrogen-bond donors (Lipinski definition) is 5. The number of carbonyl (C=O) groups is 1. The Labute approximate surface area is 250 Å². The van der Waals surface area contributed by atoms with Crippen LogP contribution in [0.5, 0.6) is 23.3 Å². The topological polar surface area (TPSA) is 146 Å². The Morgan fingerprint density at radius 3 is 2.44 bits per heavy atom. The molecule has 0 spiro atoms. The number of aromatic nitrogens is 4. The molecule has 0 aliphatic carbocycles. The zero-order valence-corrected chi connectivity index (χ0v) is 23.4. The summed E-state index contributed by atoms with van der Waals surface area (Å²) in [5.74, 6) is 1.16. The standard InChI is InChI=1S/C31H24ClN7O4/c1-18-6-8-19(9-7-18)39-27(17-28(41)38-39)36-31(42)35-24-12-13-26(22-5-3-2-4-21(22)24)43-29-14-15-33-30(37-29)34-25-11-10-20(40)16-23(25)32/h2-17,40H,1H3,(H,38,41)(H,33,34,37)(H2,35,36,42). The molecule has 2 aromatic heterocycles. The van der Waals surface area contributed by atoms with Crippen LogP contribution in [0.15, 0.2) is 97.2 Å². The molecule has 0 radical (unpaired) electrons. The minimum absolute atomic E-state index is 0.0454. The van der Waals surface area contributed by atoms with Crippen molar-refractivity contribution in [3.8, 4) is 28.9 Å². The lowest BCUT2D eigenvalue weighted by Gasteiger charge is -2.14. The lowest BCUT2D eigenvalue weighted by atomic mass is 10.1. The molecular weight excluding hydrogens is 570 g/mol. The first-order valence-corrected chi connectivity index (χ1v) is 13.4. The van der Waals surface area contributed by atoms with Crippen LogP contribution in [0.25, 0.3) is 16.5 Å². The fraction of sp³-hybridized carbons (Fsp3) is 0.0323. The monoisotopic (exact) mass is 593 g/mol. The molecule has 0 saturated heterocycles. The van der Waals surface area contributed by atoms with Crippen molar-refractivity contribution in [3.05, 3.63) is 108 Å². The summed E-state index contributed by atoms with van der Waals surface area (Å²) in [6, 6.07) is 25.4. The molecule has 2 amide bonds. The van der Waals surface area contributed by atoms with Crippen molar-refractivity contribution in [1.82, 2.24) is 19.7 Å². The molecule has 0 atom stereocenters. The Balaban J connectivity index is 1.21. The highest BCUT2D eigenvalue weighted by molar-refractivity contribution is 6.33. The van der Waals surface area contributed by atoms with Gasteiger partial charge in [-0.2, -0.15) is 4.98 Å². The van der Waals surface area contributed by atoms with Gasteiger partial charge in [-0.1, -0.05) is 53.6 Å². The van der Waals surface area contributed by atoms with Crippen LogP contribution >= 0.6 is 11.6 Å². The quantitative estimate of drug-likeness (QED) is 0.121. The fourth-order valence-corrected chi connectivity index (χ4v) is 4.60. The van der Waals surface area contributed by atoms with Gasteiger partial charge in [0.25, 0.3) is 0 Å². The van der Waals surface area contributed by atoms with Crippen LogP contribution < -0.4 is 20.7 Å². The highest BCUT2D eigenvalue weighted by atomic mass is 35.5. The fourth-order valence-electron chi connectivity index (χ4n) is 4.38. The van der Waals surface area contributed by atoms with Crippen LogP contribution in [-0.2, 0) is 0 Å². The van der Waals surface area contributed by atoms with Gasteiger partial charge in [0.15, 0.2) is 0 Å². The maximum Gasteiger partial charge on any atom is 0.324 e. The number of urea groups is 1. The molecule has 4 aromatic carbocycles. The van der Waals surface area contributed by atoms with Crippen LogP contribution in [0.3, 0.4) is 0 Å². The summed E-state index contributed by atoms with van der Waals surface area (Å²) >= 11 is 6.19. The Morgan fingerprint density at radius 2 is 1.65 bits per heavy atom. The smallest absolute Gasteiger partial charge is 0.324 e. The second-order valence-electron chi connectivity index (χ2n) is 9.48. The highest BCUT2D eigenvalue weighted by Crippen LogP contribution is 2.35. The molecule has 0 aliphatic rings. The number of ether oxygens (including phenoxy) is 1. The predicted molar refractivity (Wildman–Crippen MR) is 165 cm³/mol. The van der Waals surface area contributed by atoms with E-state index in [9.17, 15) is 15.0 Å². The van der Waals surface area contributed by atoms with E-state index < -0.39 is 6.03 Å². The van der Waals surface area contributed by atoms with Crippen molar-refractivity contribution in [3.63, 3.8) is 0 Å². The minimum Gasteiger partial charge on any atom is -0.508 e. The van der Waals surface area contributed by atoms with Crippen LogP contribution in [0.2, 0.25) is 5.02 Å². The van der Waals surface area contributed by atoms with Gasteiger partial charge in [-0.25, -0.2) is 14.5 Å². The van der Waals surface area contributed by atoms with Gasteiger partial charge in [0, 0.05) is 35.2 Å². The van der Waals surface area contributed by atoms with Crippen molar-refractivity contribution in [2.45, 2.75) is 6.92 Å². The molecular formula is C31H24ClN7O4. The molecule has 214 valence electrons. The summed E-state index contributed by atoms with van der Waals surface area (Å²) in [6.07, 6.45) is 1.54. The lowest BCUT2D eigenvalue weighted by Crippen LogP contribution is -2.21. The van der Waals surface area contributed by atoms with E-state index in [0.29, 0.717) is 33.7 Å². The minimum atomic E-state index is -0.522. The highest BCUT2D eigenvalue weighted by Gasteiger charge is 2.15. The summed E-state index contributed by atoms with van der Waals surface area (Å²) in [5, 5.41) is 34.1. The average molecular weight is 594 g/mol. The summed E-state index contributed by atoms with van der Waals surface area (Å²) in [6.45, 7) is 1.97. The van der Waals surface area contributed by atoms with Crippen molar-refractivity contribution in [2.24, 2.45) is 0 Å². The normalized spacial score (nSPS) is 10.8. The third kappa shape index (κ3) is 6.11. The average Bonchev–Trinajstić information content (AvgIpc) is 3.36. The number of fused-ring (bicyclic) bond motifs is 1. The van der Waals surface area contributed by atoms with E-state index in [1.54, 1.807) is 30.5 Å². The van der Waals surface area contributed by atoms with E-state index in [1.165, 1.54) is 22.9 Å². The predicted octanol–water partition coefficient (Wildman–Crippen LogP) is 7.37. The van der Waals surface area contributed by atoms with Gasteiger partial charge in [-0.15, -0.1) is 5.10 Å². The Hall–Kier alpha value is -5.81. The number of phenolic OH excluding ortho intramolecular Hbond substituents is 1. The number of nitrogens with one attached hydrogen (secondary N) is 3. The summed E-state index contributed by atoms with van der Waals surface area (Å²) in [4.78, 5) is 21.7. The second-order valence-corrected chi connectivity index (χ2v) is 9.89. The number of anilines is 4. The van der Waals surface area contributed by atoms with Gasteiger partial charge in [0.2, 0.25) is 17.7 Å². The van der Waals surface area contributed by atoms with Gasteiger partial charge in [-0.05, 0) is 43.3 Å². The van der Waals surface area contributed by atoms with E-state index in [1.807, 2.05) is 55.5 Å². The number of amides is 2. The lowest BCUT2D eigenvalue weighted by molar-refractivity contribution is 0.262. The van der Waals surface area contributed by atoms with Crippen molar-refractivity contribution in [2.75, 3.05) is 16.0 Å². The molecule has 0 fully saturated rings. The third-order valence-corrected chi connectivity index (χ3v) is 6.71. The number of aromatic hydroxyl groups is 2. The molecule has 12 heteroatoms. The number of halogens is 1. The van der Waals surface area contributed by atoms with Crippen molar-refractivity contribution >= 4 is 51.5 Å². The molecule has 6 rings (SSSR count). The summed E-state index contributed by atoms with van der Waals surface area (Å²) < 4.78 is 7.57. The van der Waals surface area contributed by atoms with Crippen molar-refractivity contribution < 1.29 is 19.7 Å². The van der Waals surface area contributed by atoms with E-state index in [-0.39, 0.29) is 23.5 Å². The number of aryl methyl sites for hydroxylation is 1.